The highest BCUT2D eigenvalue weighted by Crippen LogP contribution is 2.32. The van der Waals surface area contributed by atoms with E-state index < -0.39 is 27.7 Å². The van der Waals surface area contributed by atoms with Crippen LogP contribution < -0.4 is 15.1 Å². The lowest BCUT2D eigenvalue weighted by Gasteiger charge is -2.17. The number of carbonyl (C=O) groups excluding carboxylic acids is 1. The van der Waals surface area contributed by atoms with E-state index in [4.69, 9.17) is 20.8 Å². The van der Waals surface area contributed by atoms with Crippen LogP contribution in [0.5, 0.6) is 5.75 Å². The molecule has 0 spiro atoms. The van der Waals surface area contributed by atoms with E-state index in [2.05, 4.69) is 4.72 Å². The number of ether oxygens (including phenoxy) is 1. The molecule has 0 aliphatic carbocycles. The third-order valence-electron chi connectivity index (χ3n) is 4.93. The minimum atomic E-state index is -3.93. The second-order valence-electron chi connectivity index (χ2n) is 7.44. The molecule has 0 aliphatic heterocycles. The maximum atomic E-state index is 12.7. The summed E-state index contributed by atoms with van der Waals surface area (Å²) in [6.07, 6.45) is 1.65. The van der Waals surface area contributed by atoms with Crippen molar-refractivity contribution in [1.82, 2.24) is 4.72 Å². The Morgan fingerprint density at radius 3 is 2.47 bits per heavy atom. The number of esters is 1. The predicted octanol–water partition coefficient (Wildman–Crippen LogP) is 4.37. The van der Waals surface area contributed by atoms with Crippen LogP contribution in [0, 0.1) is 6.92 Å². The van der Waals surface area contributed by atoms with E-state index in [1.807, 2.05) is 13.8 Å². The molecule has 0 radical (unpaired) electrons. The Morgan fingerprint density at radius 1 is 1.16 bits per heavy atom. The van der Waals surface area contributed by atoms with Gasteiger partial charge in [0.1, 0.15) is 11.6 Å². The molecule has 1 aromatic heterocycles. The third-order valence-corrected chi connectivity index (χ3v) is 6.72. The van der Waals surface area contributed by atoms with Gasteiger partial charge in [-0.15, -0.1) is 0 Å². The zero-order valence-electron chi connectivity index (χ0n) is 18.0. The predicted molar refractivity (Wildman–Crippen MR) is 123 cm³/mol. The molecule has 3 rings (SSSR count). The summed E-state index contributed by atoms with van der Waals surface area (Å²) in [6, 6.07) is 9.50. The molecule has 1 atom stereocenters. The van der Waals surface area contributed by atoms with Crippen molar-refractivity contribution < 1.29 is 22.4 Å². The molecule has 0 bridgehead atoms. The van der Waals surface area contributed by atoms with Gasteiger partial charge in [0, 0.05) is 17.5 Å². The van der Waals surface area contributed by atoms with E-state index in [-0.39, 0.29) is 27.7 Å². The number of hydrogen-bond donors (Lipinski definition) is 1. The standard InChI is InChI=1S/C23H24ClNO6S/c1-4-6-15-11-22(26)30-20-13-21(18(24)12-17(15)20)31-23(27)19(5-2)25-32(28,29)16-9-7-14(3)8-10-16/h7-13,19,25H,4-6H2,1-3H3/t19-/m0/s1. The minimum Gasteiger partial charge on any atom is -0.424 e. The number of nitrogens with one attached hydrogen (secondary N) is 1. The fourth-order valence-corrected chi connectivity index (χ4v) is 4.70. The molecule has 9 heteroatoms. The Morgan fingerprint density at radius 2 is 1.84 bits per heavy atom. The summed E-state index contributed by atoms with van der Waals surface area (Å²) in [5, 5.41) is 0.802. The van der Waals surface area contributed by atoms with Crippen molar-refractivity contribution in [1.29, 1.82) is 0 Å². The van der Waals surface area contributed by atoms with Crippen molar-refractivity contribution >= 4 is 38.6 Å². The number of fused-ring (bicyclic) bond motifs is 1. The number of aryl methyl sites for hydroxylation is 2. The molecular weight excluding hydrogens is 454 g/mol. The molecule has 3 aromatic rings. The van der Waals surface area contributed by atoms with Gasteiger partial charge in [-0.1, -0.05) is 49.6 Å². The van der Waals surface area contributed by atoms with Crippen molar-refractivity contribution in [3.63, 3.8) is 0 Å². The molecule has 1 heterocycles. The third kappa shape index (κ3) is 5.38. The zero-order valence-corrected chi connectivity index (χ0v) is 19.5. The molecule has 0 fully saturated rings. The summed E-state index contributed by atoms with van der Waals surface area (Å²) in [4.78, 5) is 24.7. The number of hydrogen-bond acceptors (Lipinski definition) is 6. The van der Waals surface area contributed by atoms with E-state index in [9.17, 15) is 18.0 Å². The van der Waals surface area contributed by atoms with E-state index >= 15 is 0 Å². The van der Waals surface area contributed by atoms with E-state index in [0.29, 0.717) is 11.8 Å². The molecule has 0 unspecified atom stereocenters. The molecule has 0 saturated heterocycles. The van der Waals surface area contributed by atoms with Gasteiger partial charge < -0.3 is 9.15 Å². The summed E-state index contributed by atoms with van der Waals surface area (Å²) in [7, 11) is -3.93. The van der Waals surface area contributed by atoms with Gasteiger partial charge in [-0.3, -0.25) is 0 Å². The summed E-state index contributed by atoms with van der Waals surface area (Å²) >= 11 is 6.32. The van der Waals surface area contributed by atoms with Crippen molar-refractivity contribution in [2.75, 3.05) is 0 Å². The van der Waals surface area contributed by atoms with Crippen LogP contribution in [0.4, 0.5) is 0 Å². The number of benzene rings is 2. The summed E-state index contributed by atoms with van der Waals surface area (Å²) in [5.74, 6) is -0.842. The van der Waals surface area contributed by atoms with Gasteiger partial charge in [-0.25, -0.2) is 18.0 Å². The zero-order chi connectivity index (χ0) is 23.5. The molecule has 1 N–H and O–H groups in total. The van der Waals surface area contributed by atoms with Crippen molar-refractivity contribution in [3.05, 3.63) is 69.0 Å². The summed E-state index contributed by atoms with van der Waals surface area (Å²) in [5.41, 5.74) is 1.42. The average Bonchev–Trinajstić information content (AvgIpc) is 2.73. The maximum absolute atomic E-state index is 12.7. The first-order chi connectivity index (χ1) is 15.1. The van der Waals surface area contributed by atoms with Crippen LogP contribution >= 0.6 is 11.6 Å². The molecule has 32 heavy (non-hydrogen) atoms. The second-order valence-corrected chi connectivity index (χ2v) is 9.56. The van der Waals surface area contributed by atoms with Crippen LogP contribution in [-0.4, -0.2) is 20.4 Å². The largest absolute Gasteiger partial charge is 0.424 e. The average molecular weight is 478 g/mol. The smallest absolute Gasteiger partial charge is 0.336 e. The first-order valence-electron chi connectivity index (χ1n) is 10.2. The molecular formula is C23H24ClNO6S. The van der Waals surface area contributed by atoms with E-state index in [0.717, 1.165) is 17.5 Å². The number of sulfonamides is 1. The summed E-state index contributed by atoms with van der Waals surface area (Å²) < 4.78 is 38.3. The Hall–Kier alpha value is -2.68. The maximum Gasteiger partial charge on any atom is 0.336 e. The van der Waals surface area contributed by atoms with Crippen LogP contribution in [0.25, 0.3) is 11.0 Å². The first-order valence-corrected chi connectivity index (χ1v) is 12.1. The first kappa shape index (κ1) is 24.0. The molecule has 0 aliphatic rings. The van der Waals surface area contributed by atoms with Gasteiger partial charge >= 0.3 is 11.6 Å². The topological polar surface area (TPSA) is 103 Å². The van der Waals surface area contributed by atoms with Crippen molar-refractivity contribution in [2.24, 2.45) is 0 Å². The van der Waals surface area contributed by atoms with Crippen molar-refractivity contribution in [2.45, 2.75) is 51.0 Å². The van der Waals surface area contributed by atoms with Gasteiger partial charge in [-0.2, -0.15) is 4.72 Å². The molecule has 2 aromatic carbocycles. The molecule has 170 valence electrons. The Bertz CT molecular complexity index is 1300. The van der Waals surface area contributed by atoms with Crippen LogP contribution in [-0.2, 0) is 21.2 Å². The number of halogens is 1. The fourth-order valence-electron chi connectivity index (χ4n) is 3.23. The van der Waals surface area contributed by atoms with Crippen LogP contribution in [0.2, 0.25) is 5.02 Å². The number of rotatable bonds is 8. The summed E-state index contributed by atoms with van der Waals surface area (Å²) in [6.45, 7) is 5.49. The molecule has 0 amide bonds. The Labute approximate surface area is 191 Å². The van der Waals surface area contributed by atoms with Crippen LogP contribution in [0.3, 0.4) is 0 Å². The highest BCUT2D eigenvalue weighted by atomic mass is 35.5. The normalized spacial score (nSPS) is 12.6. The quantitative estimate of drug-likeness (QED) is 0.293. The van der Waals surface area contributed by atoms with Crippen molar-refractivity contribution in [3.8, 4) is 5.75 Å². The van der Waals surface area contributed by atoms with E-state index in [1.54, 1.807) is 25.1 Å². The van der Waals surface area contributed by atoms with Gasteiger partial charge in [0.05, 0.1) is 9.92 Å². The van der Waals surface area contributed by atoms with E-state index in [1.165, 1.54) is 24.3 Å². The van der Waals surface area contributed by atoms with Crippen LogP contribution in [0.1, 0.15) is 37.8 Å². The lowest BCUT2D eigenvalue weighted by Crippen LogP contribution is -2.42. The van der Waals surface area contributed by atoms with Gasteiger partial charge in [0.25, 0.3) is 0 Å². The SMILES string of the molecule is CCCc1cc(=O)oc2cc(OC(=O)[C@H](CC)NS(=O)(=O)c3ccc(C)cc3)c(Cl)cc12. The lowest BCUT2D eigenvalue weighted by atomic mass is 10.1. The Balaban J connectivity index is 1.86. The number of carbonyl (C=O) groups is 1. The Kier molecular flexibility index (Phi) is 7.38. The molecule has 7 nitrogen and oxygen atoms in total. The van der Waals surface area contributed by atoms with Crippen LogP contribution in [0.15, 0.2) is 56.6 Å². The molecule has 0 saturated carbocycles. The van der Waals surface area contributed by atoms with Gasteiger partial charge in [0.15, 0.2) is 5.75 Å². The monoisotopic (exact) mass is 477 g/mol. The van der Waals surface area contributed by atoms with Gasteiger partial charge in [0.2, 0.25) is 10.0 Å². The lowest BCUT2D eigenvalue weighted by molar-refractivity contribution is -0.136. The second kappa shape index (κ2) is 9.85. The minimum absolute atomic E-state index is 0.0195. The highest BCUT2D eigenvalue weighted by molar-refractivity contribution is 7.89. The fraction of sp³-hybridized carbons (Fsp3) is 0.304. The van der Waals surface area contributed by atoms with Gasteiger partial charge in [-0.05, 0) is 43.5 Å². The highest BCUT2D eigenvalue weighted by Gasteiger charge is 2.27.